The van der Waals surface area contributed by atoms with Crippen molar-refractivity contribution in [2.24, 2.45) is 11.8 Å². The number of carboxylic acid groups (broad SMARTS) is 1. The van der Waals surface area contributed by atoms with Crippen LogP contribution in [0.15, 0.2) is 11.6 Å². The Hall–Kier alpha value is -0.870. The van der Waals surface area contributed by atoms with E-state index < -0.39 is 12.1 Å². The summed E-state index contributed by atoms with van der Waals surface area (Å²) in [6.07, 6.45) is 2.99. The number of aliphatic hydroxyl groups is 1. The number of carboxylic acids is 1. The Morgan fingerprint density at radius 1 is 1.69 bits per heavy atom. The largest absolute Gasteiger partial charge is 0.479 e. The fourth-order valence-electron chi connectivity index (χ4n) is 2.42. The summed E-state index contributed by atoms with van der Waals surface area (Å²) in [7, 11) is 0. The van der Waals surface area contributed by atoms with Crippen molar-refractivity contribution in [2.75, 3.05) is 13.2 Å². The van der Waals surface area contributed by atoms with Crippen molar-refractivity contribution < 1.29 is 19.7 Å². The Kier molecular flexibility index (Phi) is 4.96. The molecule has 0 aromatic heterocycles. The summed E-state index contributed by atoms with van der Waals surface area (Å²) in [4.78, 5) is 11.1. The van der Waals surface area contributed by atoms with E-state index >= 15 is 0 Å². The predicted octanol–water partition coefficient (Wildman–Crippen LogP) is 1.44. The van der Waals surface area contributed by atoms with Gasteiger partial charge in [-0.3, -0.25) is 0 Å². The fourth-order valence-corrected chi connectivity index (χ4v) is 2.42. The Morgan fingerprint density at radius 2 is 2.38 bits per heavy atom. The molecule has 0 heterocycles. The van der Waals surface area contributed by atoms with Gasteiger partial charge in [0.15, 0.2) is 6.10 Å². The van der Waals surface area contributed by atoms with Gasteiger partial charge in [-0.15, -0.1) is 0 Å². The minimum Gasteiger partial charge on any atom is -0.479 e. The highest BCUT2D eigenvalue weighted by Crippen LogP contribution is 2.31. The van der Waals surface area contributed by atoms with Crippen LogP contribution in [0.2, 0.25) is 0 Å². The number of carbonyl (C=O) groups is 1. The van der Waals surface area contributed by atoms with Crippen LogP contribution in [-0.4, -0.2) is 35.5 Å². The molecule has 0 aromatic carbocycles. The van der Waals surface area contributed by atoms with Gasteiger partial charge >= 0.3 is 5.97 Å². The summed E-state index contributed by atoms with van der Waals surface area (Å²) in [5.74, 6) is -0.511. The minimum atomic E-state index is -0.930. The van der Waals surface area contributed by atoms with Crippen LogP contribution in [0.1, 0.15) is 26.7 Å². The lowest BCUT2D eigenvalue weighted by molar-refractivity contribution is -0.155. The molecule has 0 aromatic rings. The molecule has 0 amide bonds. The molecule has 16 heavy (non-hydrogen) atoms. The van der Waals surface area contributed by atoms with Crippen molar-refractivity contribution in [3.05, 3.63) is 11.6 Å². The van der Waals surface area contributed by atoms with E-state index in [2.05, 4.69) is 13.0 Å². The average molecular weight is 228 g/mol. The highest BCUT2D eigenvalue weighted by atomic mass is 16.5. The lowest BCUT2D eigenvalue weighted by Crippen LogP contribution is -2.35. The van der Waals surface area contributed by atoms with Crippen molar-refractivity contribution in [1.82, 2.24) is 0 Å². The van der Waals surface area contributed by atoms with Crippen molar-refractivity contribution in [3.8, 4) is 0 Å². The van der Waals surface area contributed by atoms with Gasteiger partial charge in [-0.1, -0.05) is 18.6 Å². The van der Waals surface area contributed by atoms with Gasteiger partial charge in [0, 0.05) is 5.92 Å². The third-order valence-electron chi connectivity index (χ3n) is 2.89. The van der Waals surface area contributed by atoms with Crippen LogP contribution in [0.4, 0.5) is 0 Å². The minimum absolute atomic E-state index is 0.0176. The van der Waals surface area contributed by atoms with E-state index in [-0.39, 0.29) is 19.1 Å². The Labute approximate surface area is 95.9 Å². The molecule has 4 nitrogen and oxygen atoms in total. The van der Waals surface area contributed by atoms with Crippen molar-refractivity contribution in [3.63, 3.8) is 0 Å². The normalized spacial score (nSPS) is 27.3. The maximum absolute atomic E-state index is 11.1. The smallest absolute Gasteiger partial charge is 0.333 e. The number of rotatable bonds is 5. The second-order valence-corrected chi connectivity index (χ2v) is 4.54. The highest BCUT2D eigenvalue weighted by molar-refractivity contribution is 5.72. The molecule has 0 spiro atoms. The Balaban J connectivity index is 2.64. The number of ether oxygens (including phenoxy) is 1. The first-order valence-electron chi connectivity index (χ1n) is 5.67. The van der Waals surface area contributed by atoms with E-state index in [1.165, 1.54) is 5.57 Å². The molecule has 1 rings (SSSR count). The second kappa shape index (κ2) is 6.01. The van der Waals surface area contributed by atoms with Gasteiger partial charge in [-0.25, -0.2) is 4.79 Å². The first-order valence-corrected chi connectivity index (χ1v) is 5.67. The summed E-state index contributed by atoms with van der Waals surface area (Å²) in [5, 5.41) is 17.8. The molecule has 1 aliphatic carbocycles. The highest BCUT2D eigenvalue weighted by Gasteiger charge is 2.31. The van der Waals surface area contributed by atoms with Gasteiger partial charge in [0.05, 0.1) is 13.2 Å². The van der Waals surface area contributed by atoms with Gasteiger partial charge in [-0.05, 0) is 25.7 Å². The topological polar surface area (TPSA) is 66.8 Å². The van der Waals surface area contributed by atoms with Crippen LogP contribution in [0.25, 0.3) is 0 Å². The molecule has 3 unspecified atom stereocenters. The maximum Gasteiger partial charge on any atom is 0.333 e. The molecule has 0 radical (unpaired) electrons. The molecule has 1 aliphatic rings. The van der Waals surface area contributed by atoms with Gasteiger partial charge in [-0.2, -0.15) is 0 Å². The summed E-state index contributed by atoms with van der Waals surface area (Å²) in [5.41, 5.74) is 1.22. The molecule has 0 saturated heterocycles. The van der Waals surface area contributed by atoms with Crippen LogP contribution < -0.4 is 0 Å². The van der Waals surface area contributed by atoms with Gasteiger partial charge in [0.25, 0.3) is 0 Å². The van der Waals surface area contributed by atoms with Crippen molar-refractivity contribution in [1.29, 1.82) is 0 Å². The lowest BCUT2D eigenvalue weighted by Gasteiger charge is -2.29. The van der Waals surface area contributed by atoms with E-state index in [1.807, 2.05) is 6.92 Å². The zero-order chi connectivity index (χ0) is 12.1. The third-order valence-corrected chi connectivity index (χ3v) is 2.89. The molecule has 3 atom stereocenters. The molecule has 92 valence electrons. The monoisotopic (exact) mass is 228 g/mol. The molecule has 0 saturated carbocycles. The number of hydrogen-bond acceptors (Lipinski definition) is 3. The lowest BCUT2D eigenvalue weighted by atomic mass is 9.80. The van der Waals surface area contributed by atoms with E-state index in [4.69, 9.17) is 14.9 Å². The molecular formula is C12H20O4. The van der Waals surface area contributed by atoms with Gasteiger partial charge < -0.3 is 14.9 Å². The van der Waals surface area contributed by atoms with Crippen LogP contribution in [0.5, 0.6) is 0 Å². The maximum atomic E-state index is 11.1. The Bertz CT molecular complexity index is 272. The van der Waals surface area contributed by atoms with Crippen molar-refractivity contribution >= 4 is 5.97 Å². The first kappa shape index (κ1) is 13.2. The fraction of sp³-hybridized carbons (Fsp3) is 0.750. The molecule has 0 fully saturated rings. The molecular weight excluding hydrogens is 208 g/mol. The number of hydrogen-bond donors (Lipinski definition) is 2. The van der Waals surface area contributed by atoms with E-state index in [0.29, 0.717) is 5.92 Å². The van der Waals surface area contributed by atoms with E-state index in [0.717, 1.165) is 12.8 Å². The zero-order valence-electron chi connectivity index (χ0n) is 9.85. The number of aliphatic hydroxyl groups excluding tert-OH is 1. The van der Waals surface area contributed by atoms with Crippen LogP contribution >= 0.6 is 0 Å². The standard InChI is InChI=1S/C12H20O4/c1-8-5-9(2)7-10(6-8)11(12(14)15)16-4-3-13/h5,8,10-11,13H,3-4,6-7H2,1-2H3,(H,14,15). The van der Waals surface area contributed by atoms with Crippen LogP contribution in [-0.2, 0) is 9.53 Å². The average Bonchev–Trinajstić information content (AvgIpc) is 2.16. The third kappa shape index (κ3) is 3.61. The SMILES string of the molecule is CC1=CC(C)CC(C(OCCO)C(=O)O)C1. The van der Waals surface area contributed by atoms with Crippen LogP contribution in [0.3, 0.4) is 0 Å². The van der Waals surface area contributed by atoms with Crippen molar-refractivity contribution in [2.45, 2.75) is 32.8 Å². The summed E-state index contributed by atoms with van der Waals surface area (Å²) >= 11 is 0. The summed E-state index contributed by atoms with van der Waals surface area (Å²) in [6, 6.07) is 0. The van der Waals surface area contributed by atoms with Gasteiger partial charge in [0.2, 0.25) is 0 Å². The van der Waals surface area contributed by atoms with Crippen LogP contribution in [0, 0.1) is 11.8 Å². The Morgan fingerprint density at radius 3 is 2.88 bits per heavy atom. The quantitative estimate of drug-likeness (QED) is 0.699. The molecule has 0 aliphatic heterocycles. The van der Waals surface area contributed by atoms with E-state index in [1.54, 1.807) is 0 Å². The number of allylic oxidation sites excluding steroid dienone is 2. The first-order chi connectivity index (χ1) is 7.54. The number of aliphatic carboxylic acids is 1. The van der Waals surface area contributed by atoms with Gasteiger partial charge in [0.1, 0.15) is 0 Å². The summed E-state index contributed by atoms with van der Waals surface area (Å²) < 4.78 is 5.21. The predicted molar refractivity (Wildman–Crippen MR) is 60.1 cm³/mol. The second-order valence-electron chi connectivity index (χ2n) is 4.54. The zero-order valence-corrected chi connectivity index (χ0v) is 9.85. The van der Waals surface area contributed by atoms with E-state index in [9.17, 15) is 4.79 Å². The molecule has 4 heteroatoms. The molecule has 0 bridgehead atoms. The summed E-state index contributed by atoms with van der Waals surface area (Å²) in [6.45, 7) is 4.06. The molecule has 2 N–H and O–H groups in total.